The minimum atomic E-state index is -0.258. The summed E-state index contributed by atoms with van der Waals surface area (Å²) in [5.74, 6) is 0.893. The second-order valence-corrected chi connectivity index (χ2v) is 2.99. The number of thioether (sulfide) groups is 1. The Balaban J connectivity index is 2.38. The van der Waals surface area contributed by atoms with E-state index < -0.39 is 0 Å². The van der Waals surface area contributed by atoms with Crippen LogP contribution in [-0.4, -0.2) is 20.9 Å². The summed E-state index contributed by atoms with van der Waals surface area (Å²) in [5, 5.41) is 6.65. The van der Waals surface area contributed by atoms with E-state index in [1.807, 2.05) is 6.08 Å². The predicted octanol–water partition coefficient (Wildman–Crippen LogP) is 0.766. The van der Waals surface area contributed by atoms with Crippen LogP contribution in [0.2, 0.25) is 0 Å². The number of H-pyrrole nitrogens is 2. The lowest BCUT2D eigenvalue weighted by atomic mass is 10.5. The van der Waals surface area contributed by atoms with Crippen molar-refractivity contribution in [1.29, 1.82) is 0 Å². The van der Waals surface area contributed by atoms with Gasteiger partial charge in [0.05, 0.1) is 0 Å². The third-order valence-electron chi connectivity index (χ3n) is 1.04. The zero-order valence-corrected chi connectivity index (χ0v) is 6.78. The molecule has 0 saturated heterocycles. The molecule has 60 valence electrons. The summed E-state index contributed by atoms with van der Waals surface area (Å²) in [7, 11) is 0. The largest absolute Gasteiger partial charge is 0.341 e. The quantitative estimate of drug-likeness (QED) is 0.399. The molecule has 0 fully saturated rings. The van der Waals surface area contributed by atoms with Gasteiger partial charge in [-0.3, -0.25) is 4.98 Å². The van der Waals surface area contributed by atoms with Gasteiger partial charge in [0.15, 0.2) is 5.16 Å². The van der Waals surface area contributed by atoms with Crippen LogP contribution >= 0.6 is 11.8 Å². The average molecular weight is 171 g/mol. The third kappa shape index (κ3) is 2.63. The highest BCUT2D eigenvalue weighted by Gasteiger charge is 1.95. The molecule has 1 heterocycles. The lowest BCUT2D eigenvalue weighted by Crippen LogP contribution is -2.00. The Morgan fingerprint density at radius 1 is 1.73 bits per heavy atom. The van der Waals surface area contributed by atoms with Crippen molar-refractivity contribution in [2.75, 3.05) is 5.75 Å². The van der Waals surface area contributed by atoms with Crippen molar-refractivity contribution in [3.8, 4) is 0 Å². The highest BCUT2D eigenvalue weighted by molar-refractivity contribution is 7.99. The Labute approximate surface area is 68.1 Å². The van der Waals surface area contributed by atoms with Gasteiger partial charge in [-0.25, -0.2) is 9.89 Å². The Morgan fingerprint density at radius 3 is 3.09 bits per heavy atom. The van der Waals surface area contributed by atoms with Crippen LogP contribution in [-0.2, 0) is 0 Å². The van der Waals surface area contributed by atoms with Crippen LogP contribution in [0, 0.1) is 0 Å². The molecule has 0 radical (unpaired) electrons. The van der Waals surface area contributed by atoms with Crippen molar-refractivity contribution >= 4 is 11.8 Å². The molecule has 0 aliphatic carbocycles. The molecular formula is C6H9N3OS. The van der Waals surface area contributed by atoms with Gasteiger partial charge in [0.2, 0.25) is 0 Å². The smallest absolute Gasteiger partial charge is 0.284 e. The predicted molar refractivity (Wildman–Crippen MR) is 44.7 cm³/mol. The molecule has 1 aromatic heterocycles. The number of allylic oxidation sites excluding steroid dienone is 1. The molecule has 0 bridgehead atoms. The van der Waals surface area contributed by atoms with Crippen molar-refractivity contribution in [2.24, 2.45) is 0 Å². The molecule has 0 amide bonds. The van der Waals surface area contributed by atoms with E-state index in [1.54, 1.807) is 0 Å². The lowest BCUT2D eigenvalue weighted by molar-refractivity contribution is 0.969. The summed E-state index contributed by atoms with van der Waals surface area (Å²) in [5.41, 5.74) is -0.258. The van der Waals surface area contributed by atoms with Crippen LogP contribution in [0.1, 0.15) is 6.42 Å². The van der Waals surface area contributed by atoms with Gasteiger partial charge in [-0.05, 0) is 6.42 Å². The highest BCUT2D eigenvalue weighted by atomic mass is 32.2. The summed E-state index contributed by atoms with van der Waals surface area (Å²) in [6.07, 6.45) is 2.75. The molecule has 2 N–H and O–H groups in total. The second kappa shape index (κ2) is 4.02. The molecule has 0 spiro atoms. The topological polar surface area (TPSA) is 61.5 Å². The van der Waals surface area contributed by atoms with E-state index in [9.17, 15) is 4.79 Å². The first-order valence-corrected chi connectivity index (χ1v) is 4.20. The Bertz CT molecular complexity index is 277. The van der Waals surface area contributed by atoms with Crippen LogP contribution in [0.15, 0.2) is 22.6 Å². The minimum Gasteiger partial charge on any atom is -0.284 e. The average Bonchev–Trinajstić information content (AvgIpc) is 2.37. The van der Waals surface area contributed by atoms with Crippen molar-refractivity contribution in [2.45, 2.75) is 11.6 Å². The van der Waals surface area contributed by atoms with E-state index >= 15 is 0 Å². The Morgan fingerprint density at radius 2 is 2.55 bits per heavy atom. The zero-order chi connectivity index (χ0) is 8.10. The van der Waals surface area contributed by atoms with Crippen molar-refractivity contribution in [1.82, 2.24) is 15.2 Å². The fourth-order valence-corrected chi connectivity index (χ4v) is 1.31. The van der Waals surface area contributed by atoms with Gasteiger partial charge >= 0.3 is 5.69 Å². The first-order chi connectivity index (χ1) is 5.33. The van der Waals surface area contributed by atoms with Crippen LogP contribution in [0.25, 0.3) is 0 Å². The number of hydrogen-bond donors (Lipinski definition) is 2. The maximum absolute atomic E-state index is 10.5. The Kier molecular flexibility index (Phi) is 2.97. The standard InChI is InChI=1S/C6H9N3OS/c1-2-3-4-11-6-7-5(10)8-9-6/h2H,1,3-4H2,(H2,7,8,9,10). The van der Waals surface area contributed by atoms with Gasteiger partial charge < -0.3 is 0 Å². The molecule has 0 unspecified atom stereocenters. The summed E-state index contributed by atoms with van der Waals surface area (Å²) in [6, 6.07) is 0. The van der Waals surface area contributed by atoms with Gasteiger partial charge in [-0.1, -0.05) is 17.8 Å². The van der Waals surface area contributed by atoms with E-state index in [0.29, 0.717) is 5.16 Å². The van der Waals surface area contributed by atoms with Crippen molar-refractivity contribution in [3.63, 3.8) is 0 Å². The number of aromatic amines is 2. The number of nitrogens with one attached hydrogen (secondary N) is 2. The fourth-order valence-electron chi connectivity index (χ4n) is 0.562. The molecule has 0 saturated carbocycles. The van der Waals surface area contributed by atoms with Crippen LogP contribution in [0.3, 0.4) is 0 Å². The van der Waals surface area contributed by atoms with E-state index in [0.717, 1.165) is 12.2 Å². The van der Waals surface area contributed by atoms with Gasteiger partial charge in [0.25, 0.3) is 0 Å². The molecule has 1 aromatic rings. The highest BCUT2D eigenvalue weighted by Crippen LogP contribution is 2.10. The van der Waals surface area contributed by atoms with E-state index in [2.05, 4.69) is 21.8 Å². The SMILES string of the molecule is C=CCCSc1n[nH]c(=O)[nH]1. The van der Waals surface area contributed by atoms with Crippen LogP contribution < -0.4 is 5.69 Å². The molecule has 0 atom stereocenters. The molecule has 4 nitrogen and oxygen atoms in total. The first kappa shape index (κ1) is 8.13. The van der Waals surface area contributed by atoms with Crippen LogP contribution in [0.5, 0.6) is 0 Å². The number of aromatic nitrogens is 3. The first-order valence-electron chi connectivity index (χ1n) is 3.21. The molecule has 11 heavy (non-hydrogen) atoms. The summed E-state index contributed by atoms with van der Waals surface area (Å²) >= 11 is 1.50. The van der Waals surface area contributed by atoms with Gasteiger partial charge in [0, 0.05) is 5.75 Å². The second-order valence-electron chi connectivity index (χ2n) is 1.91. The molecular weight excluding hydrogens is 162 g/mol. The normalized spacial score (nSPS) is 9.82. The van der Waals surface area contributed by atoms with E-state index in [4.69, 9.17) is 0 Å². The van der Waals surface area contributed by atoms with E-state index in [1.165, 1.54) is 11.8 Å². The van der Waals surface area contributed by atoms with Crippen molar-refractivity contribution in [3.05, 3.63) is 23.1 Å². The number of rotatable bonds is 4. The molecule has 5 heteroatoms. The van der Waals surface area contributed by atoms with Gasteiger partial charge in [0.1, 0.15) is 0 Å². The van der Waals surface area contributed by atoms with Crippen molar-refractivity contribution < 1.29 is 0 Å². The lowest BCUT2D eigenvalue weighted by Gasteiger charge is -1.89. The fraction of sp³-hybridized carbons (Fsp3) is 0.333. The summed E-state index contributed by atoms with van der Waals surface area (Å²) in [4.78, 5) is 13.1. The van der Waals surface area contributed by atoms with E-state index in [-0.39, 0.29) is 5.69 Å². The molecule has 0 aliphatic heterocycles. The monoisotopic (exact) mass is 171 g/mol. The zero-order valence-electron chi connectivity index (χ0n) is 5.96. The minimum absolute atomic E-state index is 0.258. The maximum Gasteiger partial charge on any atom is 0.341 e. The molecule has 0 aromatic carbocycles. The maximum atomic E-state index is 10.5. The Hall–Kier alpha value is -0.970. The summed E-state index contributed by atoms with van der Waals surface area (Å²) < 4.78 is 0. The molecule has 1 rings (SSSR count). The third-order valence-corrected chi connectivity index (χ3v) is 1.95. The van der Waals surface area contributed by atoms with Gasteiger partial charge in [-0.2, -0.15) is 0 Å². The van der Waals surface area contributed by atoms with Gasteiger partial charge in [-0.15, -0.1) is 11.7 Å². The van der Waals surface area contributed by atoms with Crippen LogP contribution in [0.4, 0.5) is 0 Å². The number of hydrogen-bond acceptors (Lipinski definition) is 3. The number of nitrogens with zero attached hydrogens (tertiary/aromatic N) is 1. The molecule has 0 aliphatic rings. The summed E-state index contributed by atoms with van der Waals surface area (Å²) in [6.45, 7) is 3.58.